The molecule has 1 aliphatic rings. The summed E-state index contributed by atoms with van der Waals surface area (Å²) in [5.74, 6) is -0.254. The highest BCUT2D eigenvalue weighted by Gasteiger charge is 2.35. The summed E-state index contributed by atoms with van der Waals surface area (Å²) in [5, 5.41) is 3.03. The van der Waals surface area contributed by atoms with Gasteiger partial charge in [0.2, 0.25) is 0 Å². The number of carbonyl (C=O) groups excluding carboxylic acids is 1. The van der Waals surface area contributed by atoms with Gasteiger partial charge in [0.05, 0.1) is 22.4 Å². The fraction of sp³-hybridized carbons (Fsp3) is 0.600. The zero-order valence-corrected chi connectivity index (χ0v) is 13.2. The van der Waals surface area contributed by atoms with E-state index in [9.17, 15) is 4.79 Å². The molecule has 0 aliphatic heterocycles. The van der Waals surface area contributed by atoms with Gasteiger partial charge in [0.15, 0.2) is 0 Å². The Morgan fingerprint density at radius 2 is 1.81 bits per heavy atom. The number of nitrogens with zero attached hydrogens (tertiary/aromatic N) is 2. The van der Waals surface area contributed by atoms with Gasteiger partial charge < -0.3 is 11.1 Å². The molecule has 0 bridgehead atoms. The van der Waals surface area contributed by atoms with Crippen LogP contribution in [0.5, 0.6) is 0 Å². The van der Waals surface area contributed by atoms with E-state index in [-0.39, 0.29) is 5.91 Å². The van der Waals surface area contributed by atoms with Crippen molar-refractivity contribution in [2.24, 2.45) is 5.73 Å². The maximum atomic E-state index is 12.4. The Hall–Kier alpha value is -1.56. The molecule has 0 radical (unpaired) electrons. The van der Waals surface area contributed by atoms with Gasteiger partial charge in [-0.1, -0.05) is 44.3 Å². The van der Waals surface area contributed by atoms with Crippen LogP contribution < -0.4 is 11.1 Å². The number of hydrogen-bond donors (Lipinski definition) is 2. The molecule has 1 heterocycles. The molecule has 6 heteroatoms. The average Bonchev–Trinajstić information content (AvgIpc) is 2.42. The van der Waals surface area contributed by atoms with Gasteiger partial charge >= 0.3 is 0 Å². The number of amides is 1. The summed E-state index contributed by atoms with van der Waals surface area (Å²) in [5.41, 5.74) is 6.45. The number of nitrogens with two attached hydrogens (primary N) is 1. The van der Waals surface area contributed by atoms with Crippen molar-refractivity contribution >= 4 is 23.1 Å². The summed E-state index contributed by atoms with van der Waals surface area (Å²) in [6, 6.07) is 0. The monoisotopic (exact) mass is 306 g/mol. The van der Waals surface area contributed by atoms with Gasteiger partial charge in [-0.3, -0.25) is 9.78 Å². The molecular formula is C15H22N4OS. The molecule has 0 unspecified atom stereocenters. The lowest BCUT2D eigenvalue weighted by Crippen LogP contribution is -2.57. The van der Waals surface area contributed by atoms with Crippen molar-refractivity contribution in [3.8, 4) is 0 Å². The number of aromatic nitrogens is 2. The van der Waals surface area contributed by atoms with Crippen LogP contribution in [0.15, 0.2) is 12.4 Å². The fourth-order valence-electron chi connectivity index (χ4n) is 2.73. The van der Waals surface area contributed by atoms with Crippen molar-refractivity contribution < 1.29 is 4.79 Å². The normalized spacial score (nSPS) is 18.3. The molecule has 1 amide bonds. The second kappa shape index (κ2) is 6.93. The summed E-state index contributed by atoms with van der Waals surface area (Å²) in [6.45, 7) is 1.83. The molecule has 114 valence electrons. The lowest BCUT2D eigenvalue weighted by atomic mass is 9.83. The second-order valence-corrected chi connectivity index (χ2v) is 6.15. The zero-order chi connectivity index (χ0) is 15.3. The Bertz CT molecular complexity index is 507. The van der Waals surface area contributed by atoms with Gasteiger partial charge in [-0.05, 0) is 19.8 Å². The van der Waals surface area contributed by atoms with E-state index in [1.807, 2.05) is 6.92 Å². The second-order valence-electron chi connectivity index (χ2n) is 5.71. The van der Waals surface area contributed by atoms with Crippen LogP contribution in [0, 0.1) is 6.92 Å². The van der Waals surface area contributed by atoms with Gasteiger partial charge in [0, 0.05) is 6.20 Å². The lowest BCUT2D eigenvalue weighted by molar-refractivity contribution is 0.0907. The van der Waals surface area contributed by atoms with E-state index in [4.69, 9.17) is 18.0 Å². The minimum absolute atomic E-state index is 0.254. The predicted octanol–water partition coefficient (Wildman–Crippen LogP) is 2.28. The molecular weight excluding hydrogens is 284 g/mol. The van der Waals surface area contributed by atoms with Crippen molar-refractivity contribution in [2.75, 3.05) is 0 Å². The van der Waals surface area contributed by atoms with Crippen molar-refractivity contribution in [1.29, 1.82) is 0 Å². The summed E-state index contributed by atoms with van der Waals surface area (Å²) >= 11 is 5.25. The standard InChI is InChI=1S/C15H22N4OS/c1-11-9-18-12(10-17-11)13(20)19-15(14(16)21)7-5-3-2-4-6-8-15/h9-10H,2-8H2,1H3,(H2,16,21)(H,19,20). The summed E-state index contributed by atoms with van der Waals surface area (Å²) < 4.78 is 0. The summed E-state index contributed by atoms with van der Waals surface area (Å²) in [7, 11) is 0. The highest BCUT2D eigenvalue weighted by Crippen LogP contribution is 2.27. The van der Waals surface area contributed by atoms with Crippen molar-refractivity contribution in [2.45, 2.75) is 57.4 Å². The van der Waals surface area contributed by atoms with Crippen LogP contribution in [0.1, 0.15) is 61.1 Å². The minimum atomic E-state index is -0.584. The Morgan fingerprint density at radius 1 is 1.19 bits per heavy atom. The molecule has 1 saturated carbocycles. The molecule has 5 nitrogen and oxygen atoms in total. The highest BCUT2D eigenvalue weighted by atomic mass is 32.1. The smallest absolute Gasteiger partial charge is 0.272 e. The maximum Gasteiger partial charge on any atom is 0.272 e. The largest absolute Gasteiger partial charge is 0.391 e. The van der Waals surface area contributed by atoms with Gasteiger partial charge in [-0.15, -0.1) is 0 Å². The first-order valence-corrected chi connectivity index (χ1v) is 7.85. The third kappa shape index (κ3) is 3.97. The van der Waals surface area contributed by atoms with Crippen LogP contribution >= 0.6 is 12.2 Å². The van der Waals surface area contributed by atoms with E-state index in [1.165, 1.54) is 12.6 Å². The van der Waals surface area contributed by atoms with Crippen LogP contribution in [-0.2, 0) is 0 Å². The third-order valence-electron chi connectivity index (χ3n) is 4.05. The van der Waals surface area contributed by atoms with Gasteiger partial charge in [0.25, 0.3) is 5.91 Å². The first-order chi connectivity index (χ1) is 10.0. The first kappa shape index (κ1) is 15.8. The molecule has 0 atom stereocenters. The molecule has 1 aromatic heterocycles. The molecule has 1 aliphatic carbocycles. The van der Waals surface area contributed by atoms with Gasteiger partial charge in [0.1, 0.15) is 5.69 Å². The summed E-state index contributed by atoms with van der Waals surface area (Å²) in [4.78, 5) is 21.0. The van der Waals surface area contributed by atoms with E-state index >= 15 is 0 Å². The average molecular weight is 306 g/mol. The van der Waals surface area contributed by atoms with E-state index in [2.05, 4.69) is 15.3 Å². The molecule has 1 fully saturated rings. The zero-order valence-electron chi connectivity index (χ0n) is 12.4. The molecule has 21 heavy (non-hydrogen) atoms. The van der Waals surface area contributed by atoms with Crippen molar-refractivity contribution in [3.05, 3.63) is 23.8 Å². The quantitative estimate of drug-likeness (QED) is 0.837. The van der Waals surface area contributed by atoms with Gasteiger partial charge in [-0.2, -0.15) is 0 Å². The summed E-state index contributed by atoms with van der Waals surface area (Å²) in [6.07, 6.45) is 10.3. The van der Waals surface area contributed by atoms with E-state index in [0.29, 0.717) is 10.7 Å². The van der Waals surface area contributed by atoms with Crippen molar-refractivity contribution in [1.82, 2.24) is 15.3 Å². The molecule has 1 aromatic rings. The third-order valence-corrected chi connectivity index (χ3v) is 4.44. The van der Waals surface area contributed by atoms with E-state index in [1.54, 1.807) is 6.20 Å². The van der Waals surface area contributed by atoms with Crippen LogP contribution in [0.2, 0.25) is 0 Å². The molecule has 3 N–H and O–H groups in total. The van der Waals surface area contributed by atoms with E-state index in [0.717, 1.165) is 44.2 Å². The molecule has 0 spiro atoms. The molecule has 0 saturated heterocycles. The highest BCUT2D eigenvalue weighted by molar-refractivity contribution is 7.80. The number of nitrogens with one attached hydrogen (secondary N) is 1. The Morgan fingerprint density at radius 3 is 2.33 bits per heavy atom. The fourth-order valence-corrected chi connectivity index (χ4v) is 2.99. The minimum Gasteiger partial charge on any atom is -0.391 e. The molecule has 2 rings (SSSR count). The Balaban J connectivity index is 2.16. The number of aryl methyl sites for hydroxylation is 1. The topological polar surface area (TPSA) is 80.9 Å². The van der Waals surface area contributed by atoms with Crippen molar-refractivity contribution in [3.63, 3.8) is 0 Å². The number of thiocarbonyl (C=S) groups is 1. The van der Waals surface area contributed by atoms with Crippen LogP contribution in [-0.4, -0.2) is 26.4 Å². The van der Waals surface area contributed by atoms with Gasteiger partial charge in [-0.25, -0.2) is 4.98 Å². The number of carbonyl (C=O) groups is 1. The van der Waals surface area contributed by atoms with Crippen LogP contribution in [0.3, 0.4) is 0 Å². The van der Waals surface area contributed by atoms with Crippen LogP contribution in [0.4, 0.5) is 0 Å². The first-order valence-electron chi connectivity index (χ1n) is 7.44. The lowest BCUT2D eigenvalue weighted by Gasteiger charge is -2.35. The number of hydrogen-bond acceptors (Lipinski definition) is 4. The predicted molar refractivity (Wildman–Crippen MR) is 86.1 cm³/mol. The Labute approximate surface area is 130 Å². The molecule has 0 aromatic carbocycles. The Kier molecular flexibility index (Phi) is 5.22. The SMILES string of the molecule is Cc1cnc(C(=O)NC2(C(N)=S)CCCCCCC2)cn1. The van der Waals surface area contributed by atoms with E-state index < -0.39 is 5.54 Å². The number of rotatable bonds is 3. The maximum absolute atomic E-state index is 12.4. The van der Waals surface area contributed by atoms with Crippen LogP contribution in [0.25, 0.3) is 0 Å².